The number of nitrogen functional groups attached to an aromatic ring is 1. The van der Waals surface area contributed by atoms with Gasteiger partial charge in [-0.05, 0) is 63.4 Å². The predicted molar refractivity (Wildman–Crippen MR) is 82.2 cm³/mol. The number of halogens is 2. The van der Waals surface area contributed by atoms with Crippen molar-refractivity contribution in [3.05, 3.63) is 38.6 Å². The number of aromatic nitrogens is 2. The smallest absolute Gasteiger partial charge is 0.184 e. The number of furan rings is 1. The Hall–Kier alpha value is -1.27. The molecular weight excluding hydrogens is 374 g/mol. The lowest BCUT2D eigenvalue weighted by Crippen LogP contribution is -1.98. The Morgan fingerprint density at radius 3 is 2.58 bits per heavy atom. The first kappa shape index (κ1) is 12.7. The average Bonchev–Trinajstić information content (AvgIpc) is 2.81. The number of nitrogens with zero attached hydrogens (tertiary/aromatic N) is 2. The average molecular weight is 385 g/mol. The van der Waals surface area contributed by atoms with Crippen LogP contribution < -0.4 is 5.73 Å². The summed E-state index contributed by atoms with van der Waals surface area (Å²) < 4.78 is 8.99. The zero-order valence-electron chi connectivity index (χ0n) is 10.4. The number of imidazole rings is 1. The number of pyridine rings is 1. The summed E-state index contributed by atoms with van der Waals surface area (Å²) in [6.07, 6.45) is 0. The molecule has 0 saturated heterocycles. The van der Waals surface area contributed by atoms with Crippen molar-refractivity contribution in [3.63, 3.8) is 0 Å². The molecule has 0 radical (unpaired) electrons. The minimum atomic E-state index is 0.584. The lowest BCUT2D eigenvalue weighted by Gasteiger charge is -2.03. The molecule has 0 aliphatic rings. The van der Waals surface area contributed by atoms with E-state index in [0.29, 0.717) is 21.9 Å². The normalized spacial score (nSPS) is 11.4. The van der Waals surface area contributed by atoms with Gasteiger partial charge in [0.2, 0.25) is 0 Å². The second-order valence-corrected chi connectivity index (χ2v) is 6.02. The van der Waals surface area contributed by atoms with Crippen LogP contribution in [-0.2, 0) is 0 Å². The van der Waals surface area contributed by atoms with Crippen molar-refractivity contribution in [1.29, 1.82) is 0 Å². The molecule has 0 saturated carbocycles. The van der Waals surface area contributed by atoms with E-state index in [1.807, 2.05) is 30.4 Å². The first-order valence-electron chi connectivity index (χ1n) is 5.67. The van der Waals surface area contributed by atoms with Crippen LogP contribution in [0.25, 0.3) is 17.1 Å². The van der Waals surface area contributed by atoms with Crippen LogP contribution in [-0.4, -0.2) is 9.38 Å². The summed E-state index contributed by atoms with van der Waals surface area (Å²) in [4.78, 5) is 4.56. The molecule has 0 atom stereocenters. The maximum atomic E-state index is 6.19. The van der Waals surface area contributed by atoms with E-state index in [-0.39, 0.29) is 0 Å². The molecule has 3 aromatic heterocycles. The molecule has 0 bridgehead atoms. The van der Waals surface area contributed by atoms with Crippen molar-refractivity contribution in [2.24, 2.45) is 0 Å². The summed E-state index contributed by atoms with van der Waals surface area (Å²) in [5.74, 6) is 1.22. The summed E-state index contributed by atoms with van der Waals surface area (Å²) in [6, 6.07) is 5.92. The van der Waals surface area contributed by atoms with Crippen molar-refractivity contribution in [2.45, 2.75) is 13.8 Å². The van der Waals surface area contributed by atoms with E-state index < -0.39 is 0 Å². The number of hydrogen-bond acceptors (Lipinski definition) is 3. The Balaban J connectivity index is 2.31. The van der Waals surface area contributed by atoms with Gasteiger partial charge in [0.25, 0.3) is 0 Å². The minimum absolute atomic E-state index is 0.584. The third-order valence-corrected chi connectivity index (χ3v) is 4.67. The van der Waals surface area contributed by atoms with Gasteiger partial charge in [0.05, 0.1) is 4.47 Å². The highest BCUT2D eigenvalue weighted by molar-refractivity contribution is 9.13. The molecular formula is C13H11Br2N3O. The van der Waals surface area contributed by atoms with Gasteiger partial charge in [-0.25, -0.2) is 4.98 Å². The maximum absolute atomic E-state index is 6.19. The molecule has 0 aliphatic heterocycles. The second kappa shape index (κ2) is 4.38. The minimum Gasteiger partial charge on any atom is -0.446 e. The Kier molecular flexibility index (Phi) is 2.94. The maximum Gasteiger partial charge on any atom is 0.184 e. The van der Waals surface area contributed by atoms with Gasteiger partial charge in [0.1, 0.15) is 17.2 Å². The van der Waals surface area contributed by atoms with Gasteiger partial charge in [0.15, 0.2) is 10.4 Å². The number of aryl methyl sites for hydroxylation is 2. The molecule has 0 spiro atoms. The lowest BCUT2D eigenvalue weighted by molar-refractivity contribution is 0.552. The molecule has 3 aromatic rings. The van der Waals surface area contributed by atoms with Crippen LogP contribution >= 0.6 is 31.9 Å². The molecule has 0 aromatic carbocycles. The fourth-order valence-electron chi connectivity index (χ4n) is 2.20. The Labute approximate surface area is 126 Å². The summed E-state index contributed by atoms with van der Waals surface area (Å²) in [7, 11) is 0. The molecule has 0 fully saturated rings. The van der Waals surface area contributed by atoms with Crippen LogP contribution in [0.5, 0.6) is 0 Å². The second-order valence-electron chi connectivity index (χ2n) is 4.45. The van der Waals surface area contributed by atoms with E-state index in [1.165, 1.54) is 0 Å². The molecule has 6 heteroatoms. The van der Waals surface area contributed by atoms with Crippen LogP contribution in [0, 0.1) is 13.8 Å². The predicted octanol–water partition coefficient (Wildman–Crippen LogP) is 4.32. The molecule has 19 heavy (non-hydrogen) atoms. The topological polar surface area (TPSA) is 56.5 Å². The molecule has 2 N–H and O–H groups in total. The van der Waals surface area contributed by atoms with Crippen molar-refractivity contribution in [2.75, 3.05) is 5.73 Å². The molecule has 0 amide bonds. The van der Waals surface area contributed by atoms with Gasteiger partial charge in [0, 0.05) is 11.8 Å². The molecule has 0 unspecified atom stereocenters. The largest absolute Gasteiger partial charge is 0.446 e. The Morgan fingerprint density at radius 1 is 1.21 bits per heavy atom. The van der Waals surface area contributed by atoms with E-state index in [0.717, 1.165) is 21.4 Å². The monoisotopic (exact) mass is 383 g/mol. The van der Waals surface area contributed by atoms with Crippen molar-refractivity contribution in [1.82, 2.24) is 9.38 Å². The first-order chi connectivity index (χ1) is 8.97. The van der Waals surface area contributed by atoms with E-state index in [4.69, 9.17) is 10.2 Å². The van der Waals surface area contributed by atoms with Crippen LogP contribution in [0.1, 0.15) is 11.3 Å². The quantitative estimate of drug-likeness (QED) is 0.679. The van der Waals surface area contributed by atoms with Crippen molar-refractivity contribution in [3.8, 4) is 11.5 Å². The molecule has 0 aliphatic carbocycles. The molecule has 3 rings (SSSR count). The summed E-state index contributed by atoms with van der Waals surface area (Å²) >= 11 is 6.71. The van der Waals surface area contributed by atoms with Crippen molar-refractivity contribution < 1.29 is 4.42 Å². The summed E-state index contributed by atoms with van der Waals surface area (Å²) in [6.45, 7) is 4.05. The fraction of sp³-hybridized carbons (Fsp3) is 0.154. The number of nitrogens with two attached hydrogens (primary N) is 1. The van der Waals surface area contributed by atoms with Gasteiger partial charge in [-0.15, -0.1) is 0 Å². The SMILES string of the molecule is Cc1cc(C)n2c(N)c(-c3cc(Br)c(Br)o3)nc2c1. The third-order valence-electron chi connectivity index (χ3n) is 2.96. The van der Waals surface area contributed by atoms with Crippen LogP contribution in [0.3, 0.4) is 0 Å². The highest BCUT2D eigenvalue weighted by Gasteiger charge is 2.17. The lowest BCUT2D eigenvalue weighted by atomic mass is 10.2. The number of anilines is 1. The zero-order valence-corrected chi connectivity index (χ0v) is 13.5. The van der Waals surface area contributed by atoms with Crippen LogP contribution in [0.4, 0.5) is 5.82 Å². The van der Waals surface area contributed by atoms with Gasteiger partial charge in [-0.2, -0.15) is 0 Å². The third kappa shape index (κ3) is 1.99. The zero-order chi connectivity index (χ0) is 13.7. The standard InChI is InChI=1S/C13H11Br2N3O/c1-6-3-7(2)18-10(4-6)17-11(13(18)16)9-5-8(14)12(15)19-9/h3-5H,16H2,1-2H3. The molecule has 98 valence electrons. The van der Waals surface area contributed by atoms with E-state index in [9.17, 15) is 0 Å². The highest BCUT2D eigenvalue weighted by Crippen LogP contribution is 2.35. The van der Waals surface area contributed by atoms with Gasteiger partial charge >= 0.3 is 0 Å². The Morgan fingerprint density at radius 2 is 1.95 bits per heavy atom. The van der Waals surface area contributed by atoms with E-state index >= 15 is 0 Å². The highest BCUT2D eigenvalue weighted by atomic mass is 79.9. The Bertz CT molecular complexity index is 769. The fourth-order valence-corrected chi connectivity index (χ4v) is 2.78. The van der Waals surface area contributed by atoms with Crippen molar-refractivity contribution >= 4 is 43.3 Å². The van der Waals surface area contributed by atoms with Crippen LogP contribution in [0.2, 0.25) is 0 Å². The van der Waals surface area contributed by atoms with Gasteiger partial charge < -0.3 is 10.2 Å². The van der Waals surface area contributed by atoms with E-state index in [2.05, 4.69) is 42.9 Å². The first-order valence-corrected chi connectivity index (χ1v) is 7.26. The number of fused-ring (bicyclic) bond motifs is 1. The van der Waals surface area contributed by atoms with Gasteiger partial charge in [-0.3, -0.25) is 4.40 Å². The molecule has 4 nitrogen and oxygen atoms in total. The van der Waals surface area contributed by atoms with Gasteiger partial charge in [-0.1, -0.05) is 0 Å². The van der Waals surface area contributed by atoms with Crippen LogP contribution in [0.15, 0.2) is 31.8 Å². The molecule has 3 heterocycles. The summed E-state index contributed by atoms with van der Waals surface area (Å²) in [5, 5.41) is 0. The number of rotatable bonds is 1. The summed E-state index contributed by atoms with van der Waals surface area (Å²) in [5.41, 5.74) is 9.88. The number of hydrogen-bond donors (Lipinski definition) is 1. The van der Waals surface area contributed by atoms with E-state index in [1.54, 1.807) is 0 Å².